The Balaban J connectivity index is 2.03. The van der Waals surface area contributed by atoms with Crippen molar-refractivity contribution in [1.29, 1.82) is 0 Å². The molecule has 0 spiro atoms. The smallest absolute Gasteiger partial charge is 0.0701 e. The van der Waals surface area contributed by atoms with Gasteiger partial charge < -0.3 is 0 Å². The number of benzene rings is 1. The molecular weight excluding hydrogens is 206 g/mol. The number of aromatic nitrogens is 1. The fraction of sp³-hybridized carbons (Fsp3) is 0.312. The lowest BCUT2D eigenvalue weighted by Crippen LogP contribution is -1.86. The minimum atomic E-state index is 1.05. The Labute approximate surface area is 104 Å². The zero-order valence-corrected chi connectivity index (χ0v) is 10.4. The average Bonchev–Trinajstić information content (AvgIpc) is 2.41. The third-order valence-corrected chi connectivity index (χ3v) is 2.98. The van der Waals surface area contributed by atoms with Crippen molar-refractivity contribution in [3.8, 4) is 11.3 Å². The summed E-state index contributed by atoms with van der Waals surface area (Å²) in [5.41, 5.74) is 3.68. The molecule has 1 aromatic heterocycles. The second-order valence-electron chi connectivity index (χ2n) is 4.37. The van der Waals surface area contributed by atoms with Gasteiger partial charge in [-0.25, -0.2) is 0 Å². The van der Waals surface area contributed by atoms with Crippen molar-refractivity contribution in [1.82, 2.24) is 4.98 Å². The van der Waals surface area contributed by atoms with E-state index >= 15 is 0 Å². The van der Waals surface area contributed by atoms with Gasteiger partial charge in [-0.05, 0) is 30.5 Å². The second-order valence-corrected chi connectivity index (χ2v) is 4.37. The molecule has 2 rings (SSSR count). The molecule has 0 aliphatic carbocycles. The predicted molar refractivity (Wildman–Crippen MR) is 72.9 cm³/mol. The molecule has 17 heavy (non-hydrogen) atoms. The van der Waals surface area contributed by atoms with E-state index in [4.69, 9.17) is 0 Å². The first-order chi connectivity index (χ1) is 8.40. The van der Waals surface area contributed by atoms with Gasteiger partial charge in [-0.2, -0.15) is 0 Å². The molecule has 0 unspecified atom stereocenters. The summed E-state index contributed by atoms with van der Waals surface area (Å²) in [5, 5.41) is 0. The Morgan fingerprint density at radius 2 is 1.76 bits per heavy atom. The van der Waals surface area contributed by atoms with Crippen LogP contribution >= 0.6 is 0 Å². The molecule has 0 atom stereocenters. The molecule has 0 saturated carbocycles. The van der Waals surface area contributed by atoms with Crippen molar-refractivity contribution in [3.63, 3.8) is 0 Å². The first-order valence-corrected chi connectivity index (χ1v) is 6.40. The first kappa shape index (κ1) is 11.8. The summed E-state index contributed by atoms with van der Waals surface area (Å²) >= 11 is 0. The summed E-state index contributed by atoms with van der Waals surface area (Å²) in [6, 6.07) is 14.8. The molecule has 1 aromatic carbocycles. The summed E-state index contributed by atoms with van der Waals surface area (Å²) < 4.78 is 0. The highest BCUT2D eigenvalue weighted by atomic mass is 14.7. The minimum absolute atomic E-state index is 1.05. The lowest BCUT2D eigenvalue weighted by Gasteiger charge is -2.03. The van der Waals surface area contributed by atoms with Gasteiger partial charge in [0, 0.05) is 11.8 Å². The SMILES string of the molecule is CCCCCc1ccc(-c2ccccn2)cc1. The maximum atomic E-state index is 4.35. The summed E-state index contributed by atoms with van der Waals surface area (Å²) in [6.45, 7) is 2.24. The zero-order chi connectivity index (χ0) is 11.9. The molecule has 0 aliphatic heterocycles. The van der Waals surface area contributed by atoms with Crippen molar-refractivity contribution in [2.75, 3.05) is 0 Å². The Morgan fingerprint density at radius 3 is 2.41 bits per heavy atom. The summed E-state index contributed by atoms with van der Waals surface area (Å²) in [5.74, 6) is 0. The molecule has 0 radical (unpaired) electrons. The number of rotatable bonds is 5. The molecule has 1 heterocycles. The van der Waals surface area contributed by atoms with Crippen molar-refractivity contribution in [2.45, 2.75) is 32.6 Å². The van der Waals surface area contributed by atoms with Crippen LogP contribution in [-0.4, -0.2) is 4.98 Å². The molecule has 0 N–H and O–H groups in total. The van der Waals surface area contributed by atoms with Crippen LogP contribution in [0, 0.1) is 0 Å². The van der Waals surface area contributed by atoms with Crippen molar-refractivity contribution < 1.29 is 0 Å². The monoisotopic (exact) mass is 225 g/mol. The van der Waals surface area contributed by atoms with Crippen LogP contribution in [0.15, 0.2) is 48.7 Å². The zero-order valence-electron chi connectivity index (χ0n) is 10.4. The molecule has 88 valence electrons. The van der Waals surface area contributed by atoms with Crippen LogP contribution in [-0.2, 0) is 6.42 Å². The van der Waals surface area contributed by atoms with Gasteiger partial charge in [0.25, 0.3) is 0 Å². The fourth-order valence-electron chi connectivity index (χ4n) is 1.95. The molecule has 1 nitrogen and oxygen atoms in total. The first-order valence-electron chi connectivity index (χ1n) is 6.40. The Bertz CT molecular complexity index is 431. The molecule has 2 aromatic rings. The minimum Gasteiger partial charge on any atom is -0.256 e. The van der Waals surface area contributed by atoms with Gasteiger partial charge in [0.2, 0.25) is 0 Å². The van der Waals surface area contributed by atoms with Crippen LogP contribution in [0.3, 0.4) is 0 Å². The topological polar surface area (TPSA) is 12.9 Å². The van der Waals surface area contributed by atoms with Crippen LogP contribution in [0.5, 0.6) is 0 Å². The van der Waals surface area contributed by atoms with Gasteiger partial charge in [0.15, 0.2) is 0 Å². The van der Waals surface area contributed by atoms with E-state index in [1.807, 2.05) is 24.4 Å². The van der Waals surface area contributed by atoms with Gasteiger partial charge >= 0.3 is 0 Å². The Kier molecular flexibility index (Phi) is 4.31. The predicted octanol–water partition coefficient (Wildman–Crippen LogP) is 4.48. The lowest BCUT2D eigenvalue weighted by atomic mass is 10.0. The van der Waals surface area contributed by atoms with Gasteiger partial charge in [-0.3, -0.25) is 4.98 Å². The van der Waals surface area contributed by atoms with Gasteiger partial charge in [0.05, 0.1) is 5.69 Å². The van der Waals surface area contributed by atoms with Crippen LogP contribution in [0.2, 0.25) is 0 Å². The maximum Gasteiger partial charge on any atom is 0.0701 e. The maximum absolute atomic E-state index is 4.35. The third kappa shape index (κ3) is 3.42. The highest BCUT2D eigenvalue weighted by Crippen LogP contribution is 2.17. The van der Waals surface area contributed by atoms with E-state index in [0.717, 1.165) is 5.69 Å². The van der Waals surface area contributed by atoms with Crippen LogP contribution < -0.4 is 0 Å². The number of nitrogens with zero attached hydrogens (tertiary/aromatic N) is 1. The standard InChI is InChI=1S/C16H19N/c1-2-3-4-7-14-9-11-15(12-10-14)16-8-5-6-13-17-16/h5-6,8-13H,2-4,7H2,1H3. The molecule has 0 bridgehead atoms. The van der Waals surface area contributed by atoms with E-state index < -0.39 is 0 Å². The normalized spacial score (nSPS) is 10.4. The van der Waals surface area contributed by atoms with Gasteiger partial charge in [-0.15, -0.1) is 0 Å². The molecule has 1 heteroatoms. The fourth-order valence-corrected chi connectivity index (χ4v) is 1.95. The van der Waals surface area contributed by atoms with E-state index in [-0.39, 0.29) is 0 Å². The van der Waals surface area contributed by atoms with Gasteiger partial charge in [0.1, 0.15) is 0 Å². The molecular formula is C16H19N. The van der Waals surface area contributed by atoms with Crippen molar-refractivity contribution in [3.05, 3.63) is 54.2 Å². The molecule has 0 aliphatic rings. The highest BCUT2D eigenvalue weighted by Gasteiger charge is 1.98. The number of hydrogen-bond acceptors (Lipinski definition) is 1. The molecule has 0 amide bonds. The average molecular weight is 225 g/mol. The van der Waals surface area contributed by atoms with Crippen LogP contribution in [0.1, 0.15) is 31.7 Å². The van der Waals surface area contributed by atoms with E-state index in [1.165, 1.54) is 36.8 Å². The highest BCUT2D eigenvalue weighted by molar-refractivity contribution is 5.58. The van der Waals surface area contributed by atoms with E-state index in [9.17, 15) is 0 Å². The van der Waals surface area contributed by atoms with Crippen molar-refractivity contribution in [2.24, 2.45) is 0 Å². The summed E-state index contributed by atoms with van der Waals surface area (Å²) in [6.07, 6.45) is 6.92. The Hall–Kier alpha value is -1.63. The summed E-state index contributed by atoms with van der Waals surface area (Å²) in [4.78, 5) is 4.35. The second kappa shape index (κ2) is 6.19. The van der Waals surface area contributed by atoms with E-state index in [0.29, 0.717) is 0 Å². The Morgan fingerprint density at radius 1 is 0.941 bits per heavy atom. The number of pyridine rings is 1. The summed E-state index contributed by atoms with van der Waals surface area (Å²) in [7, 11) is 0. The quantitative estimate of drug-likeness (QED) is 0.684. The van der Waals surface area contributed by atoms with E-state index in [2.05, 4.69) is 36.2 Å². The van der Waals surface area contributed by atoms with Gasteiger partial charge in [-0.1, -0.05) is 50.1 Å². The van der Waals surface area contributed by atoms with Crippen molar-refractivity contribution >= 4 is 0 Å². The van der Waals surface area contributed by atoms with Crippen LogP contribution in [0.25, 0.3) is 11.3 Å². The molecule has 0 fully saturated rings. The van der Waals surface area contributed by atoms with Crippen LogP contribution in [0.4, 0.5) is 0 Å². The molecule has 0 saturated heterocycles. The number of hydrogen-bond donors (Lipinski definition) is 0. The lowest BCUT2D eigenvalue weighted by molar-refractivity contribution is 0.717. The largest absolute Gasteiger partial charge is 0.256 e. The number of unbranched alkanes of at least 4 members (excludes halogenated alkanes) is 2. The van der Waals surface area contributed by atoms with E-state index in [1.54, 1.807) is 0 Å². The number of aryl methyl sites for hydroxylation is 1. The third-order valence-electron chi connectivity index (χ3n) is 2.98.